The van der Waals surface area contributed by atoms with Gasteiger partial charge in [-0.25, -0.2) is 0 Å². The van der Waals surface area contributed by atoms with E-state index in [0.29, 0.717) is 5.75 Å². The van der Waals surface area contributed by atoms with Gasteiger partial charge in [-0.15, -0.1) is 0 Å². The van der Waals surface area contributed by atoms with Crippen LogP contribution in [0.3, 0.4) is 0 Å². The zero-order valence-electron chi connectivity index (χ0n) is 15.4. The Hall–Kier alpha value is -3.01. The highest BCUT2D eigenvalue weighted by molar-refractivity contribution is 7.88. The molecule has 3 rings (SSSR count). The Kier molecular flexibility index (Phi) is 5.31. The molecule has 0 amide bonds. The van der Waals surface area contributed by atoms with E-state index in [1.54, 1.807) is 30.3 Å². The fourth-order valence-electron chi connectivity index (χ4n) is 2.85. The van der Waals surface area contributed by atoms with Crippen LogP contribution in [-0.2, 0) is 16.7 Å². The first kappa shape index (κ1) is 20.7. The molecule has 3 aromatic rings. The molecule has 0 saturated heterocycles. The van der Waals surface area contributed by atoms with Crippen molar-refractivity contribution in [3.8, 4) is 11.5 Å². The fraction of sp³-hybridized carbons (Fsp3) is 0.211. The van der Waals surface area contributed by atoms with E-state index in [2.05, 4.69) is 4.18 Å². The summed E-state index contributed by atoms with van der Waals surface area (Å²) in [5.74, 6) is -0.00264. The van der Waals surface area contributed by atoms with E-state index in [4.69, 9.17) is 4.74 Å². The molecule has 0 aliphatic carbocycles. The molecule has 6 nitrogen and oxygen atoms in total. The van der Waals surface area contributed by atoms with E-state index in [1.807, 2.05) is 0 Å². The van der Waals surface area contributed by atoms with Gasteiger partial charge in [0.05, 0.1) is 24.7 Å². The van der Waals surface area contributed by atoms with Crippen molar-refractivity contribution in [3.63, 3.8) is 0 Å². The minimum absolute atomic E-state index is 0.0749. The predicted molar refractivity (Wildman–Crippen MR) is 101 cm³/mol. The first-order valence-electron chi connectivity index (χ1n) is 8.31. The van der Waals surface area contributed by atoms with Crippen molar-refractivity contribution in [2.75, 3.05) is 7.11 Å². The van der Waals surface area contributed by atoms with Gasteiger partial charge in [-0.3, -0.25) is 4.79 Å². The molecule has 2 aromatic carbocycles. The lowest BCUT2D eigenvalue weighted by atomic mass is 10.1. The number of para-hydroxylation sites is 1. The van der Waals surface area contributed by atoms with Gasteiger partial charge >= 0.3 is 15.6 Å². The average molecular weight is 427 g/mol. The number of methoxy groups -OCH3 is 1. The molecule has 0 saturated carbocycles. The van der Waals surface area contributed by atoms with Crippen molar-refractivity contribution in [3.05, 3.63) is 70.0 Å². The zero-order valence-corrected chi connectivity index (χ0v) is 16.2. The lowest BCUT2D eigenvalue weighted by Gasteiger charge is -2.17. The highest BCUT2D eigenvalue weighted by Crippen LogP contribution is 2.33. The second kappa shape index (κ2) is 7.43. The number of rotatable bonds is 5. The van der Waals surface area contributed by atoms with Crippen LogP contribution in [0.4, 0.5) is 13.2 Å². The Labute approximate surface area is 164 Å². The van der Waals surface area contributed by atoms with E-state index >= 15 is 0 Å². The molecule has 1 heterocycles. The highest BCUT2D eigenvalue weighted by atomic mass is 32.2. The van der Waals surface area contributed by atoms with Gasteiger partial charge in [0, 0.05) is 5.39 Å². The molecule has 0 atom stereocenters. The topological polar surface area (TPSA) is 74.6 Å². The SMILES string of the molecule is COc1ccc(Cn2c(=O)c(C)c(OS(=O)(=O)C(F)(F)F)c3ccccc32)cc1. The number of nitrogens with zero attached hydrogens (tertiary/aromatic N) is 1. The largest absolute Gasteiger partial charge is 0.534 e. The molecule has 0 bridgehead atoms. The zero-order chi connectivity index (χ0) is 21.4. The number of alkyl halides is 3. The summed E-state index contributed by atoms with van der Waals surface area (Å²) in [5.41, 5.74) is -5.53. The van der Waals surface area contributed by atoms with Gasteiger partial charge in [0.25, 0.3) is 5.56 Å². The van der Waals surface area contributed by atoms with Crippen molar-refractivity contribution in [1.29, 1.82) is 0 Å². The Bertz CT molecular complexity index is 1220. The van der Waals surface area contributed by atoms with E-state index in [1.165, 1.54) is 36.8 Å². The summed E-state index contributed by atoms with van der Waals surface area (Å²) in [4.78, 5) is 12.8. The van der Waals surface area contributed by atoms with Crippen LogP contribution < -0.4 is 14.5 Å². The van der Waals surface area contributed by atoms with Crippen molar-refractivity contribution in [1.82, 2.24) is 4.57 Å². The smallest absolute Gasteiger partial charge is 0.497 e. The first-order valence-corrected chi connectivity index (χ1v) is 9.72. The minimum Gasteiger partial charge on any atom is -0.497 e. The molecule has 1 aromatic heterocycles. The van der Waals surface area contributed by atoms with Gasteiger partial charge in [0.2, 0.25) is 0 Å². The second-order valence-corrected chi connectivity index (χ2v) is 7.73. The van der Waals surface area contributed by atoms with Gasteiger partial charge in [-0.05, 0) is 36.8 Å². The maximum atomic E-state index is 12.8. The van der Waals surface area contributed by atoms with E-state index in [0.717, 1.165) is 5.56 Å². The summed E-state index contributed by atoms with van der Waals surface area (Å²) in [5, 5.41) is 0.0749. The van der Waals surface area contributed by atoms with Crippen molar-refractivity contribution in [2.45, 2.75) is 19.0 Å². The summed E-state index contributed by atoms with van der Waals surface area (Å²) in [6, 6.07) is 12.9. The number of fused-ring (bicyclic) bond motifs is 1. The van der Waals surface area contributed by atoms with Crippen LogP contribution in [-0.4, -0.2) is 25.6 Å². The number of benzene rings is 2. The monoisotopic (exact) mass is 427 g/mol. The third-order valence-corrected chi connectivity index (χ3v) is 5.28. The predicted octanol–water partition coefficient (Wildman–Crippen LogP) is 3.60. The van der Waals surface area contributed by atoms with Crippen LogP contribution >= 0.6 is 0 Å². The molecule has 0 aliphatic rings. The van der Waals surface area contributed by atoms with Gasteiger partial charge in [-0.1, -0.05) is 24.3 Å². The van der Waals surface area contributed by atoms with Gasteiger partial charge in [0.1, 0.15) is 5.75 Å². The molecule has 0 radical (unpaired) electrons. The minimum atomic E-state index is -5.92. The standard InChI is InChI=1S/C19H16F3NO5S/c1-12-17(28-29(25,26)19(20,21)22)15-5-3-4-6-16(15)23(18(12)24)11-13-7-9-14(27-2)10-8-13/h3-10H,11H2,1-2H3. The molecule has 0 spiro atoms. The molecule has 0 fully saturated rings. The van der Waals surface area contributed by atoms with Crippen molar-refractivity contribution >= 4 is 21.0 Å². The highest BCUT2D eigenvalue weighted by Gasteiger charge is 2.49. The molecule has 0 unspecified atom stereocenters. The molecule has 154 valence electrons. The van der Waals surface area contributed by atoms with Gasteiger partial charge in [-0.2, -0.15) is 21.6 Å². The summed E-state index contributed by atoms with van der Waals surface area (Å²) in [7, 11) is -4.41. The Morgan fingerprint density at radius 2 is 1.66 bits per heavy atom. The second-order valence-electron chi connectivity index (χ2n) is 6.19. The number of hydrogen-bond acceptors (Lipinski definition) is 5. The maximum absolute atomic E-state index is 12.8. The van der Waals surface area contributed by atoms with E-state index in [9.17, 15) is 26.4 Å². The fourth-order valence-corrected chi connectivity index (χ4v) is 3.38. The Morgan fingerprint density at radius 3 is 2.24 bits per heavy atom. The Balaban J connectivity index is 2.17. The summed E-state index contributed by atoms with van der Waals surface area (Å²) in [6.45, 7) is 1.34. The van der Waals surface area contributed by atoms with Crippen molar-refractivity contribution in [2.24, 2.45) is 0 Å². The van der Waals surface area contributed by atoms with E-state index in [-0.39, 0.29) is 23.0 Å². The third-order valence-electron chi connectivity index (χ3n) is 4.32. The first-order chi connectivity index (χ1) is 13.5. The molecule has 0 N–H and O–H groups in total. The van der Waals surface area contributed by atoms with Crippen LogP contribution in [0.2, 0.25) is 0 Å². The number of aromatic nitrogens is 1. The lowest BCUT2D eigenvalue weighted by molar-refractivity contribution is -0.0499. The van der Waals surface area contributed by atoms with Gasteiger partial charge in [0.15, 0.2) is 5.75 Å². The number of halogens is 3. The Morgan fingerprint density at radius 1 is 1.03 bits per heavy atom. The van der Waals surface area contributed by atoms with Crippen LogP contribution in [0.15, 0.2) is 53.3 Å². The van der Waals surface area contributed by atoms with Crippen LogP contribution in [0.25, 0.3) is 10.9 Å². The number of ether oxygens (including phenoxy) is 1. The summed E-state index contributed by atoms with van der Waals surface area (Å²) >= 11 is 0. The number of pyridine rings is 1. The average Bonchev–Trinajstić information content (AvgIpc) is 2.68. The van der Waals surface area contributed by atoms with Crippen molar-refractivity contribution < 1.29 is 30.5 Å². The third kappa shape index (κ3) is 3.93. The molecular weight excluding hydrogens is 411 g/mol. The normalized spacial score (nSPS) is 12.2. The van der Waals surface area contributed by atoms with Gasteiger partial charge < -0.3 is 13.5 Å². The number of hydrogen-bond donors (Lipinski definition) is 0. The van der Waals surface area contributed by atoms with Crippen LogP contribution in [0, 0.1) is 6.92 Å². The van der Waals surface area contributed by atoms with E-state index < -0.39 is 26.9 Å². The van der Waals surface area contributed by atoms with Crippen LogP contribution in [0.5, 0.6) is 11.5 Å². The summed E-state index contributed by atoms with van der Waals surface area (Å²) < 4.78 is 72.1. The lowest BCUT2D eigenvalue weighted by Crippen LogP contribution is -2.30. The summed E-state index contributed by atoms with van der Waals surface area (Å²) in [6.07, 6.45) is 0. The molecule has 0 aliphatic heterocycles. The molecule has 29 heavy (non-hydrogen) atoms. The molecular formula is C19H16F3NO5S. The maximum Gasteiger partial charge on any atom is 0.534 e. The van der Waals surface area contributed by atoms with Crippen LogP contribution in [0.1, 0.15) is 11.1 Å². The molecule has 10 heteroatoms. The quantitative estimate of drug-likeness (QED) is 0.460.